The van der Waals surface area contributed by atoms with Gasteiger partial charge in [-0.1, -0.05) is 0 Å². The summed E-state index contributed by atoms with van der Waals surface area (Å²) in [5.74, 6) is -0.622. The van der Waals surface area contributed by atoms with Gasteiger partial charge in [-0.2, -0.15) is 5.26 Å². The third-order valence-electron chi connectivity index (χ3n) is 2.79. The predicted octanol–water partition coefficient (Wildman–Crippen LogP) is 2.61. The number of carbonyl (C=O) groups is 1. The first-order chi connectivity index (χ1) is 9.04. The number of thiophene rings is 1. The summed E-state index contributed by atoms with van der Waals surface area (Å²) in [6.07, 6.45) is 0.266. The van der Waals surface area contributed by atoms with Gasteiger partial charge in [0.15, 0.2) is 0 Å². The highest BCUT2D eigenvalue weighted by Gasteiger charge is 2.19. The van der Waals surface area contributed by atoms with Gasteiger partial charge in [0.2, 0.25) is 0 Å². The maximum Gasteiger partial charge on any atom is 0.265 e. The van der Waals surface area contributed by atoms with Crippen LogP contribution >= 0.6 is 11.3 Å². The highest BCUT2D eigenvalue weighted by molar-refractivity contribution is 7.21. The fourth-order valence-electron chi connectivity index (χ4n) is 1.74. The number of benzene rings is 1. The monoisotopic (exact) mass is 277 g/mol. The first-order valence-corrected chi connectivity index (χ1v) is 6.46. The number of carbonyl (C=O) groups excluding carboxylic acids is 1. The second-order valence-corrected chi connectivity index (χ2v) is 5.17. The molecule has 0 aliphatic heterocycles. The molecule has 0 atom stereocenters. The lowest BCUT2D eigenvalue weighted by Crippen LogP contribution is -2.27. The SMILES string of the molecule is CN(CCC#N)C(=O)c1sc2ccc(F)cc2c1N. The van der Waals surface area contributed by atoms with Gasteiger partial charge in [0.1, 0.15) is 10.7 Å². The average molecular weight is 277 g/mol. The van der Waals surface area contributed by atoms with Crippen molar-refractivity contribution in [2.75, 3.05) is 19.3 Å². The molecule has 2 rings (SSSR count). The molecular formula is C13H12FN3OS. The summed E-state index contributed by atoms with van der Waals surface area (Å²) in [6.45, 7) is 0.345. The summed E-state index contributed by atoms with van der Waals surface area (Å²) in [6, 6.07) is 6.26. The quantitative estimate of drug-likeness (QED) is 0.937. The van der Waals surface area contributed by atoms with Crippen LogP contribution in [0.2, 0.25) is 0 Å². The molecule has 98 valence electrons. The molecule has 0 saturated heterocycles. The topological polar surface area (TPSA) is 70.1 Å². The molecule has 19 heavy (non-hydrogen) atoms. The van der Waals surface area contributed by atoms with E-state index in [1.165, 1.54) is 28.4 Å². The van der Waals surface area contributed by atoms with Crippen molar-refractivity contribution in [3.05, 3.63) is 28.9 Å². The number of hydrogen-bond acceptors (Lipinski definition) is 4. The van der Waals surface area contributed by atoms with Gasteiger partial charge < -0.3 is 10.6 Å². The molecule has 1 aromatic heterocycles. The standard InChI is InChI=1S/C13H12FN3OS/c1-17(6-2-5-15)13(18)12-11(16)9-7-8(14)3-4-10(9)19-12/h3-4,7H,2,6,16H2,1H3. The Morgan fingerprint density at radius 3 is 3.00 bits per heavy atom. The van der Waals surface area contributed by atoms with E-state index in [1.807, 2.05) is 6.07 Å². The van der Waals surface area contributed by atoms with E-state index in [4.69, 9.17) is 11.0 Å². The largest absolute Gasteiger partial charge is 0.397 e. The number of anilines is 1. The summed E-state index contributed by atoms with van der Waals surface area (Å²) in [5, 5.41) is 9.07. The van der Waals surface area contributed by atoms with E-state index < -0.39 is 0 Å². The maximum atomic E-state index is 13.2. The molecule has 1 amide bonds. The van der Waals surface area contributed by atoms with E-state index in [0.717, 1.165) is 4.70 Å². The van der Waals surface area contributed by atoms with E-state index in [-0.39, 0.29) is 18.1 Å². The Hall–Kier alpha value is -2.13. The molecule has 0 aliphatic rings. The molecule has 0 aliphatic carbocycles. The van der Waals surface area contributed by atoms with Crippen molar-refractivity contribution in [2.24, 2.45) is 0 Å². The first-order valence-electron chi connectivity index (χ1n) is 5.64. The number of hydrogen-bond donors (Lipinski definition) is 1. The Morgan fingerprint density at radius 1 is 1.58 bits per heavy atom. The fourth-order valence-corrected chi connectivity index (χ4v) is 2.84. The van der Waals surface area contributed by atoms with Crippen LogP contribution in [0.5, 0.6) is 0 Å². The van der Waals surface area contributed by atoms with Gasteiger partial charge >= 0.3 is 0 Å². The average Bonchev–Trinajstić information content (AvgIpc) is 2.72. The lowest BCUT2D eigenvalue weighted by atomic mass is 10.2. The van der Waals surface area contributed by atoms with Gasteiger partial charge in [-0.25, -0.2) is 4.39 Å². The van der Waals surface area contributed by atoms with E-state index >= 15 is 0 Å². The minimum absolute atomic E-state index is 0.241. The van der Waals surface area contributed by atoms with E-state index in [0.29, 0.717) is 22.5 Å². The zero-order valence-electron chi connectivity index (χ0n) is 10.3. The second kappa shape index (κ2) is 5.24. The summed E-state index contributed by atoms with van der Waals surface area (Å²) in [7, 11) is 1.62. The van der Waals surface area contributed by atoms with E-state index in [1.54, 1.807) is 13.1 Å². The van der Waals surface area contributed by atoms with Crippen molar-refractivity contribution in [3.63, 3.8) is 0 Å². The van der Waals surface area contributed by atoms with Crippen molar-refractivity contribution in [1.82, 2.24) is 4.90 Å². The molecule has 0 radical (unpaired) electrons. The molecule has 0 fully saturated rings. The van der Waals surface area contributed by atoms with Crippen LogP contribution in [0.15, 0.2) is 18.2 Å². The van der Waals surface area contributed by atoms with Crippen LogP contribution in [0.1, 0.15) is 16.1 Å². The number of nitrogen functional groups attached to an aromatic ring is 1. The van der Waals surface area contributed by atoms with Crippen LogP contribution in [0.3, 0.4) is 0 Å². The summed E-state index contributed by atoms with van der Waals surface area (Å²) in [5.41, 5.74) is 6.21. The summed E-state index contributed by atoms with van der Waals surface area (Å²) >= 11 is 1.24. The molecule has 1 heterocycles. The number of amides is 1. The van der Waals surface area contributed by atoms with Crippen LogP contribution in [-0.4, -0.2) is 24.4 Å². The van der Waals surface area contributed by atoms with Gasteiger partial charge in [-0.3, -0.25) is 4.79 Å². The molecule has 2 aromatic rings. The van der Waals surface area contributed by atoms with Crippen molar-refractivity contribution in [2.45, 2.75) is 6.42 Å². The number of nitrogens with two attached hydrogens (primary N) is 1. The van der Waals surface area contributed by atoms with Gasteiger partial charge in [0, 0.05) is 23.7 Å². The van der Waals surface area contributed by atoms with E-state index in [9.17, 15) is 9.18 Å². The van der Waals surface area contributed by atoms with Gasteiger partial charge in [0.25, 0.3) is 5.91 Å². The lowest BCUT2D eigenvalue weighted by Gasteiger charge is -2.14. The maximum absolute atomic E-state index is 13.2. The Labute approximate surface area is 113 Å². The number of nitrogens with zero attached hydrogens (tertiary/aromatic N) is 2. The Kier molecular flexibility index (Phi) is 3.67. The molecule has 0 saturated carbocycles. The third kappa shape index (κ3) is 2.51. The molecule has 1 aromatic carbocycles. The van der Waals surface area contributed by atoms with Crippen LogP contribution in [0.4, 0.5) is 10.1 Å². The second-order valence-electron chi connectivity index (χ2n) is 4.12. The number of halogens is 1. The van der Waals surface area contributed by atoms with E-state index in [2.05, 4.69) is 0 Å². The number of nitriles is 1. The summed E-state index contributed by atoms with van der Waals surface area (Å²) < 4.78 is 13.9. The normalized spacial score (nSPS) is 10.4. The third-order valence-corrected chi connectivity index (χ3v) is 3.96. The van der Waals surface area contributed by atoms with Gasteiger partial charge in [0.05, 0.1) is 18.2 Å². The highest BCUT2D eigenvalue weighted by Crippen LogP contribution is 2.34. The van der Waals surface area contributed by atoms with Crippen LogP contribution < -0.4 is 5.73 Å². The molecule has 0 bridgehead atoms. The molecule has 0 unspecified atom stereocenters. The lowest BCUT2D eigenvalue weighted by molar-refractivity contribution is 0.0803. The number of fused-ring (bicyclic) bond motifs is 1. The van der Waals surface area contributed by atoms with Crippen molar-refractivity contribution in [1.29, 1.82) is 5.26 Å². The minimum Gasteiger partial charge on any atom is -0.397 e. The first kappa shape index (κ1) is 13.3. The fraction of sp³-hybridized carbons (Fsp3) is 0.231. The summed E-state index contributed by atoms with van der Waals surface area (Å²) in [4.78, 5) is 14.0. The molecule has 4 nitrogen and oxygen atoms in total. The van der Waals surface area contributed by atoms with Crippen molar-refractivity contribution in [3.8, 4) is 6.07 Å². The molecule has 0 spiro atoms. The number of rotatable bonds is 3. The minimum atomic E-state index is -0.381. The highest BCUT2D eigenvalue weighted by atomic mass is 32.1. The predicted molar refractivity (Wildman–Crippen MR) is 73.4 cm³/mol. The smallest absolute Gasteiger partial charge is 0.265 e. The Bertz CT molecular complexity index is 674. The Balaban J connectivity index is 2.38. The molecule has 2 N–H and O–H groups in total. The van der Waals surface area contributed by atoms with Gasteiger partial charge in [-0.15, -0.1) is 11.3 Å². The van der Waals surface area contributed by atoms with Crippen LogP contribution in [0.25, 0.3) is 10.1 Å². The molecule has 6 heteroatoms. The van der Waals surface area contributed by atoms with Crippen molar-refractivity contribution < 1.29 is 9.18 Å². The van der Waals surface area contributed by atoms with Crippen LogP contribution in [-0.2, 0) is 0 Å². The van der Waals surface area contributed by atoms with Crippen LogP contribution in [0, 0.1) is 17.1 Å². The molecular weight excluding hydrogens is 265 g/mol. The zero-order valence-corrected chi connectivity index (χ0v) is 11.1. The van der Waals surface area contributed by atoms with Gasteiger partial charge in [-0.05, 0) is 18.2 Å². The van der Waals surface area contributed by atoms with Crippen molar-refractivity contribution >= 4 is 33.0 Å². The Morgan fingerprint density at radius 2 is 2.32 bits per heavy atom. The zero-order chi connectivity index (χ0) is 14.0.